The summed E-state index contributed by atoms with van der Waals surface area (Å²) in [6.45, 7) is 1.42. The molecule has 0 radical (unpaired) electrons. The van der Waals surface area contributed by atoms with Crippen LogP contribution in [0.4, 0.5) is 5.69 Å². The minimum atomic E-state index is -0.730. The van der Waals surface area contributed by atoms with Crippen molar-refractivity contribution in [1.29, 1.82) is 0 Å². The van der Waals surface area contributed by atoms with Crippen LogP contribution in [-0.2, 0) is 4.79 Å². The SMILES string of the molecule is COc1ccc(NNC(Cl)C(C)=O)cc1. The quantitative estimate of drug-likeness (QED) is 0.458. The van der Waals surface area contributed by atoms with E-state index >= 15 is 0 Å². The number of methoxy groups -OCH3 is 1. The van der Waals surface area contributed by atoms with Gasteiger partial charge >= 0.3 is 0 Å². The molecule has 4 nitrogen and oxygen atoms in total. The van der Waals surface area contributed by atoms with Gasteiger partial charge in [-0.2, -0.15) is 0 Å². The van der Waals surface area contributed by atoms with Gasteiger partial charge in [0, 0.05) is 5.69 Å². The number of anilines is 1. The normalized spacial score (nSPS) is 11.9. The molecule has 1 atom stereocenters. The van der Waals surface area contributed by atoms with Gasteiger partial charge in [-0.05, 0) is 31.2 Å². The van der Waals surface area contributed by atoms with Gasteiger partial charge in [0.05, 0.1) is 7.11 Å². The molecule has 0 heterocycles. The van der Waals surface area contributed by atoms with E-state index in [0.717, 1.165) is 11.4 Å². The van der Waals surface area contributed by atoms with Crippen molar-refractivity contribution >= 4 is 23.1 Å². The molecule has 0 saturated carbocycles. The molecule has 15 heavy (non-hydrogen) atoms. The van der Waals surface area contributed by atoms with E-state index in [4.69, 9.17) is 16.3 Å². The topological polar surface area (TPSA) is 50.4 Å². The molecule has 5 heteroatoms. The molecule has 0 bridgehead atoms. The molecule has 0 aromatic heterocycles. The van der Waals surface area contributed by atoms with E-state index in [-0.39, 0.29) is 5.78 Å². The maximum absolute atomic E-state index is 10.8. The monoisotopic (exact) mass is 228 g/mol. The molecule has 2 N–H and O–H groups in total. The largest absolute Gasteiger partial charge is 0.497 e. The van der Waals surface area contributed by atoms with Crippen LogP contribution < -0.4 is 15.6 Å². The van der Waals surface area contributed by atoms with Crippen LogP contribution in [0.5, 0.6) is 5.75 Å². The number of carbonyl (C=O) groups excluding carboxylic acids is 1. The highest BCUT2D eigenvalue weighted by Crippen LogP contribution is 2.14. The number of benzene rings is 1. The lowest BCUT2D eigenvalue weighted by Gasteiger charge is -2.11. The molecular weight excluding hydrogens is 216 g/mol. The summed E-state index contributed by atoms with van der Waals surface area (Å²) < 4.78 is 5.00. The summed E-state index contributed by atoms with van der Waals surface area (Å²) in [5.41, 5.74) is 5.56. The molecule has 0 fully saturated rings. The fraction of sp³-hybridized carbons (Fsp3) is 0.300. The number of alkyl halides is 1. The van der Waals surface area contributed by atoms with E-state index in [9.17, 15) is 4.79 Å². The van der Waals surface area contributed by atoms with Crippen LogP contribution in [0.2, 0.25) is 0 Å². The first-order valence-corrected chi connectivity index (χ1v) is 4.87. The van der Waals surface area contributed by atoms with Crippen LogP contribution in [0.15, 0.2) is 24.3 Å². The number of hydrazine groups is 1. The Hall–Kier alpha value is -1.26. The fourth-order valence-corrected chi connectivity index (χ4v) is 0.977. The zero-order valence-electron chi connectivity index (χ0n) is 8.58. The highest BCUT2D eigenvalue weighted by molar-refractivity contribution is 6.30. The third-order valence-electron chi connectivity index (χ3n) is 1.79. The first-order chi connectivity index (χ1) is 7.13. The summed E-state index contributed by atoms with van der Waals surface area (Å²) in [4.78, 5) is 10.8. The maximum atomic E-state index is 10.8. The van der Waals surface area contributed by atoms with Crippen molar-refractivity contribution in [2.24, 2.45) is 0 Å². The molecule has 0 spiro atoms. The summed E-state index contributed by atoms with van der Waals surface area (Å²) in [7, 11) is 1.60. The minimum absolute atomic E-state index is 0.141. The molecule has 0 aliphatic carbocycles. The van der Waals surface area contributed by atoms with E-state index in [1.807, 2.05) is 12.1 Å². The number of halogens is 1. The molecule has 82 valence electrons. The average Bonchev–Trinajstić information content (AvgIpc) is 2.26. The summed E-state index contributed by atoms with van der Waals surface area (Å²) in [6, 6.07) is 7.24. The molecular formula is C10H13ClN2O2. The lowest BCUT2D eigenvalue weighted by atomic mass is 10.3. The molecule has 1 aromatic carbocycles. The molecule has 1 unspecified atom stereocenters. The Morgan fingerprint density at radius 3 is 2.47 bits per heavy atom. The van der Waals surface area contributed by atoms with Crippen LogP contribution in [0, 0.1) is 0 Å². The van der Waals surface area contributed by atoms with Crippen LogP contribution in [0.25, 0.3) is 0 Å². The standard InChI is InChI=1S/C10H13ClN2O2/c1-7(14)10(11)13-12-8-3-5-9(15-2)6-4-8/h3-6,10,12-13H,1-2H3. The number of carbonyl (C=O) groups is 1. The summed E-state index contributed by atoms with van der Waals surface area (Å²) >= 11 is 5.68. The van der Waals surface area contributed by atoms with Crippen molar-refractivity contribution in [2.45, 2.75) is 12.4 Å². The van der Waals surface area contributed by atoms with E-state index < -0.39 is 5.50 Å². The third kappa shape index (κ3) is 3.77. The van der Waals surface area contributed by atoms with Crippen molar-refractivity contribution in [3.63, 3.8) is 0 Å². The van der Waals surface area contributed by atoms with Crippen molar-refractivity contribution in [3.05, 3.63) is 24.3 Å². The number of hydrogen-bond donors (Lipinski definition) is 2. The van der Waals surface area contributed by atoms with Gasteiger partial charge in [0.2, 0.25) is 0 Å². The van der Waals surface area contributed by atoms with E-state index in [1.54, 1.807) is 19.2 Å². The smallest absolute Gasteiger partial charge is 0.163 e. The van der Waals surface area contributed by atoms with Crippen LogP contribution in [0.1, 0.15) is 6.92 Å². The Kier molecular flexibility index (Phi) is 4.39. The third-order valence-corrected chi connectivity index (χ3v) is 2.21. The van der Waals surface area contributed by atoms with Crippen LogP contribution >= 0.6 is 11.6 Å². The van der Waals surface area contributed by atoms with Crippen molar-refractivity contribution < 1.29 is 9.53 Å². The number of Topliss-reactive ketones (excluding diaryl/α,β-unsaturated/α-hetero) is 1. The molecule has 0 saturated heterocycles. The van der Waals surface area contributed by atoms with Gasteiger partial charge in [0.1, 0.15) is 5.75 Å². The van der Waals surface area contributed by atoms with Crippen molar-refractivity contribution in [3.8, 4) is 5.75 Å². The van der Waals surface area contributed by atoms with Gasteiger partial charge in [-0.1, -0.05) is 11.6 Å². The van der Waals surface area contributed by atoms with Gasteiger partial charge in [0.15, 0.2) is 11.3 Å². The van der Waals surface area contributed by atoms with Gasteiger partial charge in [-0.15, -0.1) is 0 Å². The Morgan fingerprint density at radius 1 is 1.40 bits per heavy atom. The first kappa shape index (κ1) is 11.8. The number of rotatable bonds is 5. The van der Waals surface area contributed by atoms with E-state index in [2.05, 4.69) is 10.9 Å². The Bertz CT molecular complexity index is 327. The fourth-order valence-electron chi connectivity index (χ4n) is 0.923. The molecule has 1 rings (SSSR count). The Balaban J connectivity index is 2.47. The lowest BCUT2D eigenvalue weighted by Crippen LogP contribution is -2.34. The Labute approximate surface area is 93.5 Å². The first-order valence-electron chi connectivity index (χ1n) is 4.43. The van der Waals surface area contributed by atoms with E-state index in [1.165, 1.54) is 6.92 Å². The summed E-state index contributed by atoms with van der Waals surface area (Å²) in [6.07, 6.45) is 0. The second kappa shape index (κ2) is 5.58. The molecule has 0 amide bonds. The Morgan fingerprint density at radius 2 is 2.00 bits per heavy atom. The molecule has 0 aliphatic heterocycles. The molecule has 0 aliphatic rings. The zero-order chi connectivity index (χ0) is 11.3. The number of hydrogen-bond acceptors (Lipinski definition) is 4. The predicted molar refractivity (Wildman–Crippen MR) is 60.1 cm³/mol. The maximum Gasteiger partial charge on any atom is 0.163 e. The summed E-state index contributed by atoms with van der Waals surface area (Å²) in [5.74, 6) is 0.632. The second-order valence-corrected chi connectivity index (χ2v) is 3.41. The zero-order valence-corrected chi connectivity index (χ0v) is 9.34. The van der Waals surface area contributed by atoms with Crippen molar-refractivity contribution in [2.75, 3.05) is 12.5 Å². The van der Waals surface area contributed by atoms with Gasteiger partial charge in [-0.25, -0.2) is 5.43 Å². The van der Waals surface area contributed by atoms with Crippen molar-refractivity contribution in [1.82, 2.24) is 5.43 Å². The average molecular weight is 229 g/mol. The highest BCUT2D eigenvalue weighted by atomic mass is 35.5. The highest BCUT2D eigenvalue weighted by Gasteiger charge is 2.07. The summed E-state index contributed by atoms with van der Waals surface area (Å²) in [5, 5.41) is 0. The second-order valence-electron chi connectivity index (χ2n) is 2.97. The molecule has 1 aromatic rings. The number of ether oxygens (including phenoxy) is 1. The van der Waals surface area contributed by atoms with E-state index in [0.29, 0.717) is 0 Å². The number of nitrogens with one attached hydrogen (secondary N) is 2. The predicted octanol–water partition coefficient (Wildman–Crippen LogP) is 1.77. The lowest BCUT2D eigenvalue weighted by molar-refractivity contribution is -0.117. The van der Waals surface area contributed by atoms with Gasteiger partial charge in [-0.3, -0.25) is 4.79 Å². The van der Waals surface area contributed by atoms with Crippen LogP contribution in [-0.4, -0.2) is 18.4 Å². The van der Waals surface area contributed by atoms with Gasteiger partial charge < -0.3 is 10.2 Å². The minimum Gasteiger partial charge on any atom is -0.497 e. The number of ketones is 1. The van der Waals surface area contributed by atoms with Gasteiger partial charge in [0.25, 0.3) is 0 Å². The van der Waals surface area contributed by atoms with Crippen LogP contribution in [0.3, 0.4) is 0 Å².